The zero-order valence-corrected chi connectivity index (χ0v) is 16.8. The van der Waals surface area contributed by atoms with E-state index in [1.54, 1.807) is 0 Å². The third-order valence-electron chi connectivity index (χ3n) is 4.79. The molecule has 1 aromatic heterocycles. The van der Waals surface area contributed by atoms with Gasteiger partial charge in [-0.1, -0.05) is 5.16 Å². The summed E-state index contributed by atoms with van der Waals surface area (Å²) >= 11 is 0. The van der Waals surface area contributed by atoms with E-state index in [-0.39, 0.29) is 24.7 Å². The van der Waals surface area contributed by atoms with Crippen LogP contribution < -0.4 is 5.32 Å². The van der Waals surface area contributed by atoms with E-state index < -0.39 is 47.6 Å². The smallest absolute Gasteiger partial charge is 0.226 e. The van der Waals surface area contributed by atoms with Gasteiger partial charge in [0.25, 0.3) is 0 Å². The Kier molecular flexibility index (Phi) is 7.99. The molecule has 0 saturated carbocycles. The molecule has 31 heavy (non-hydrogen) atoms. The van der Waals surface area contributed by atoms with Gasteiger partial charge in [0.05, 0.1) is 43.1 Å². The molecule has 3 rings (SSSR count). The van der Waals surface area contributed by atoms with E-state index in [1.807, 2.05) is 0 Å². The molecule has 2 aromatic rings. The molecule has 1 atom stereocenters. The average molecular weight is 446 g/mol. The van der Waals surface area contributed by atoms with Crippen LogP contribution in [-0.4, -0.2) is 37.9 Å². The second-order valence-corrected chi connectivity index (χ2v) is 7.13. The van der Waals surface area contributed by atoms with Crippen LogP contribution in [0.2, 0.25) is 0 Å². The van der Waals surface area contributed by atoms with Crippen molar-refractivity contribution in [3.63, 3.8) is 0 Å². The standard InChI is InChI=1S/C20H22F4N2O5/c1-28-9-14-17(21)19(23)15(20(24)18(14)22)10-30-8-13-4-12(26-31-13)5-16(27)25-6-11-2-3-29-7-11/h4,11H,2-3,5-10H2,1H3,(H,25,27). The van der Waals surface area contributed by atoms with Crippen LogP contribution in [0.4, 0.5) is 17.6 Å². The topological polar surface area (TPSA) is 82.8 Å². The Hall–Kier alpha value is -2.50. The van der Waals surface area contributed by atoms with Crippen LogP contribution >= 0.6 is 0 Å². The van der Waals surface area contributed by atoms with Crippen molar-refractivity contribution in [3.8, 4) is 0 Å². The van der Waals surface area contributed by atoms with Crippen LogP contribution in [0.1, 0.15) is 29.0 Å². The summed E-state index contributed by atoms with van der Waals surface area (Å²) in [6, 6.07) is 1.45. The fourth-order valence-electron chi connectivity index (χ4n) is 3.11. The van der Waals surface area contributed by atoms with Crippen LogP contribution in [-0.2, 0) is 45.2 Å². The minimum atomic E-state index is -1.55. The molecule has 2 heterocycles. The molecule has 0 spiro atoms. The maximum absolute atomic E-state index is 14.1. The van der Waals surface area contributed by atoms with Gasteiger partial charge < -0.3 is 24.1 Å². The van der Waals surface area contributed by atoms with Crippen molar-refractivity contribution in [3.05, 3.63) is 51.9 Å². The van der Waals surface area contributed by atoms with Crippen molar-refractivity contribution in [2.45, 2.75) is 32.7 Å². The highest BCUT2D eigenvalue weighted by Crippen LogP contribution is 2.25. The molecule has 1 aromatic carbocycles. The number of hydrogen-bond donors (Lipinski definition) is 1. The predicted molar refractivity (Wildman–Crippen MR) is 97.6 cm³/mol. The fraction of sp³-hybridized carbons (Fsp3) is 0.500. The number of aromatic nitrogens is 1. The summed E-state index contributed by atoms with van der Waals surface area (Å²) in [6.07, 6.45) is 0.882. The lowest BCUT2D eigenvalue weighted by molar-refractivity contribution is -0.120. The van der Waals surface area contributed by atoms with Gasteiger partial charge in [0, 0.05) is 32.2 Å². The summed E-state index contributed by atoms with van der Waals surface area (Å²) < 4.78 is 76.0. The molecule has 170 valence electrons. The highest BCUT2D eigenvalue weighted by molar-refractivity contribution is 5.78. The Morgan fingerprint density at radius 1 is 1.13 bits per heavy atom. The second kappa shape index (κ2) is 10.7. The number of hydrogen-bond acceptors (Lipinski definition) is 6. The summed E-state index contributed by atoms with van der Waals surface area (Å²) in [7, 11) is 1.14. The first-order chi connectivity index (χ1) is 14.9. The van der Waals surface area contributed by atoms with Gasteiger partial charge in [-0.15, -0.1) is 0 Å². The van der Waals surface area contributed by atoms with E-state index in [1.165, 1.54) is 6.07 Å². The van der Waals surface area contributed by atoms with E-state index in [2.05, 4.69) is 15.2 Å². The predicted octanol–water partition coefficient (Wildman–Crippen LogP) is 2.79. The first-order valence-electron chi connectivity index (χ1n) is 9.60. The van der Waals surface area contributed by atoms with Gasteiger partial charge >= 0.3 is 0 Å². The van der Waals surface area contributed by atoms with Crippen molar-refractivity contribution in [2.24, 2.45) is 5.92 Å². The van der Waals surface area contributed by atoms with Crippen molar-refractivity contribution in [1.29, 1.82) is 0 Å². The largest absolute Gasteiger partial charge is 0.381 e. The molecule has 1 aliphatic heterocycles. The average Bonchev–Trinajstić information content (AvgIpc) is 3.43. The third-order valence-corrected chi connectivity index (χ3v) is 4.79. The van der Waals surface area contributed by atoms with E-state index in [0.29, 0.717) is 31.4 Å². The summed E-state index contributed by atoms with van der Waals surface area (Å²) in [6.45, 7) is 0.206. The molecule has 1 fully saturated rings. The monoisotopic (exact) mass is 446 g/mol. The normalized spacial score (nSPS) is 16.1. The molecule has 0 radical (unpaired) electrons. The Morgan fingerprint density at radius 3 is 2.42 bits per heavy atom. The van der Waals surface area contributed by atoms with Crippen LogP contribution in [0, 0.1) is 29.2 Å². The van der Waals surface area contributed by atoms with Gasteiger partial charge in [-0.3, -0.25) is 4.79 Å². The lowest BCUT2D eigenvalue weighted by Gasteiger charge is -2.11. The Balaban J connectivity index is 1.51. The second-order valence-electron chi connectivity index (χ2n) is 7.13. The number of methoxy groups -OCH3 is 1. The number of nitrogens with one attached hydrogen (secondary N) is 1. The van der Waals surface area contributed by atoms with Gasteiger partial charge in [-0.25, -0.2) is 17.6 Å². The molecule has 0 aliphatic carbocycles. The van der Waals surface area contributed by atoms with E-state index in [9.17, 15) is 22.4 Å². The van der Waals surface area contributed by atoms with Gasteiger partial charge in [-0.2, -0.15) is 0 Å². The first kappa shape index (κ1) is 23.2. The van der Waals surface area contributed by atoms with Gasteiger partial charge in [-0.05, 0) is 6.42 Å². The quantitative estimate of drug-likeness (QED) is 0.447. The third kappa shape index (κ3) is 5.81. The molecule has 1 amide bonds. The minimum Gasteiger partial charge on any atom is -0.381 e. The van der Waals surface area contributed by atoms with Crippen LogP contribution in [0.15, 0.2) is 10.6 Å². The maximum Gasteiger partial charge on any atom is 0.226 e. The van der Waals surface area contributed by atoms with E-state index >= 15 is 0 Å². The zero-order valence-electron chi connectivity index (χ0n) is 16.8. The first-order valence-corrected chi connectivity index (χ1v) is 9.60. The number of benzene rings is 1. The number of carbonyl (C=O) groups excluding carboxylic acids is 1. The lowest BCUT2D eigenvalue weighted by Crippen LogP contribution is -2.30. The minimum absolute atomic E-state index is 0.0162. The number of halogens is 4. The van der Waals surface area contributed by atoms with Gasteiger partial charge in [0.1, 0.15) is 6.61 Å². The molecule has 1 aliphatic rings. The summed E-state index contributed by atoms with van der Waals surface area (Å²) in [5, 5.41) is 6.52. The fourth-order valence-corrected chi connectivity index (χ4v) is 3.11. The molecular weight excluding hydrogens is 424 g/mol. The molecule has 7 nitrogen and oxygen atoms in total. The maximum atomic E-state index is 14.1. The number of ether oxygens (including phenoxy) is 3. The zero-order chi connectivity index (χ0) is 22.4. The molecule has 1 N–H and O–H groups in total. The van der Waals surface area contributed by atoms with Crippen molar-refractivity contribution >= 4 is 5.91 Å². The molecule has 1 unspecified atom stereocenters. The number of nitrogens with zero attached hydrogens (tertiary/aromatic N) is 1. The lowest BCUT2D eigenvalue weighted by atomic mass is 10.1. The van der Waals surface area contributed by atoms with Gasteiger partial charge in [0.15, 0.2) is 29.0 Å². The number of carbonyl (C=O) groups is 1. The molecule has 1 saturated heterocycles. The van der Waals surface area contributed by atoms with Crippen LogP contribution in [0.5, 0.6) is 0 Å². The Bertz CT molecular complexity index is 886. The SMILES string of the molecule is COCc1c(F)c(F)c(COCc2cc(CC(=O)NCC3CCOC3)no2)c(F)c1F. The number of amides is 1. The molecule has 0 bridgehead atoms. The van der Waals surface area contributed by atoms with E-state index in [0.717, 1.165) is 13.5 Å². The highest BCUT2D eigenvalue weighted by Gasteiger charge is 2.25. The summed E-state index contributed by atoms with van der Waals surface area (Å²) in [5.41, 5.74) is -1.37. The van der Waals surface area contributed by atoms with Crippen molar-refractivity contribution in [1.82, 2.24) is 10.5 Å². The van der Waals surface area contributed by atoms with Crippen molar-refractivity contribution < 1.29 is 41.1 Å². The molecule has 11 heteroatoms. The van der Waals surface area contributed by atoms with Crippen molar-refractivity contribution in [2.75, 3.05) is 26.9 Å². The van der Waals surface area contributed by atoms with Gasteiger partial charge in [0.2, 0.25) is 5.91 Å². The summed E-state index contributed by atoms with van der Waals surface area (Å²) in [4.78, 5) is 12.0. The van der Waals surface area contributed by atoms with E-state index in [4.69, 9.17) is 14.0 Å². The number of rotatable bonds is 10. The highest BCUT2D eigenvalue weighted by atomic mass is 19.2. The van der Waals surface area contributed by atoms with Crippen LogP contribution in [0.25, 0.3) is 0 Å². The molecular formula is C20H22F4N2O5. The Morgan fingerprint density at radius 2 is 1.81 bits per heavy atom. The summed E-state index contributed by atoms with van der Waals surface area (Å²) in [5.74, 6) is -5.91. The van der Waals surface area contributed by atoms with Crippen LogP contribution in [0.3, 0.4) is 0 Å². The Labute approximate surface area is 175 Å².